The van der Waals surface area contributed by atoms with Crippen LogP contribution in [0.25, 0.3) is 0 Å². The lowest BCUT2D eigenvalue weighted by molar-refractivity contribution is -0.186. The van der Waals surface area contributed by atoms with Gasteiger partial charge < -0.3 is 0 Å². The lowest BCUT2D eigenvalue weighted by atomic mass is 9.78. The Bertz CT molecular complexity index is 257. The fourth-order valence-electron chi connectivity index (χ4n) is 2.23. The minimum atomic E-state index is -4.14. The SMILES string of the molecule is C=CCCC(=O)C1CCCC(C(F)(F)F)C1. The van der Waals surface area contributed by atoms with Crippen molar-refractivity contribution in [2.45, 2.75) is 44.7 Å². The minimum absolute atomic E-state index is 0.0144. The molecule has 1 aliphatic rings. The van der Waals surface area contributed by atoms with E-state index in [2.05, 4.69) is 6.58 Å². The van der Waals surface area contributed by atoms with E-state index in [1.807, 2.05) is 0 Å². The van der Waals surface area contributed by atoms with Gasteiger partial charge in [0.05, 0.1) is 5.92 Å². The predicted octanol–water partition coefficient (Wildman–Crippen LogP) is 3.89. The second-order valence-electron chi connectivity index (χ2n) is 4.40. The second kappa shape index (κ2) is 5.51. The molecule has 4 heteroatoms. The molecular formula is C12H17F3O. The summed E-state index contributed by atoms with van der Waals surface area (Å²) < 4.78 is 37.5. The minimum Gasteiger partial charge on any atom is -0.299 e. The molecule has 1 fully saturated rings. The Morgan fingerprint density at radius 2 is 2.06 bits per heavy atom. The Hall–Kier alpha value is -0.800. The molecule has 92 valence electrons. The van der Waals surface area contributed by atoms with E-state index in [0.29, 0.717) is 25.7 Å². The highest BCUT2D eigenvalue weighted by molar-refractivity contribution is 5.81. The van der Waals surface area contributed by atoms with Crippen molar-refractivity contribution >= 4 is 5.78 Å². The van der Waals surface area contributed by atoms with Crippen molar-refractivity contribution in [3.8, 4) is 0 Å². The molecule has 0 radical (unpaired) electrons. The summed E-state index contributed by atoms with van der Waals surface area (Å²) in [7, 11) is 0. The molecule has 1 aliphatic carbocycles. The van der Waals surface area contributed by atoms with Crippen LogP contribution in [-0.2, 0) is 4.79 Å². The number of carbonyl (C=O) groups excluding carboxylic acids is 1. The van der Waals surface area contributed by atoms with Gasteiger partial charge in [-0.3, -0.25) is 4.79 Å². The molecule has 0 heterocycles. The van der Waals surface area contributed by atoms with Crippen LogP contribution < -0.4 is 0 Å². The van der Waals surface area contributed by atoms with Crippen molar-refractivity contribution in [3.05, 3.63) is 12.7 Å². The number of alkyl halides is 3. The number of hydrogen-bond acceptors (Lipinski definition) is 1. The van der Waals surface area contributed by atoms with Gasteiger partial charge in [-0.15, -0.1) is 6.58 Å². The van der Waals surface area contributed by atoms with Crippen LogP contribution in [0.2, 0.25) is 0 Å². The van der Waals surface area contributed by atoms with Crippen LogP contribution in [-0.4, -0.2) is 12.0 Å². The maximum Gasteiger partial charge on any atom is 0.391 e. The molecule has 0 N–H and O–H groups in total. The van der Waals surface area contributed by atoms with E-state index in [9.17, 15) is 18.0 Å². The second-order valence-corrected chi connectivity index (χ2v) is 4.40. The molecular weight excluding hydrogens is 217 g/mol. The van der Waals surface area contributed by atoms with Gasteiger partial charge in [0.15, 0.2) is 0 Å². The van der Waals surface area contributed by atoms with Crippen LogP contribution in [0.4, 0.5) is 13.2 Å². The molecule has 0 bridgehead atoms. The summed E-state index contributed by atoms with van der Waals surface area (Å²) in [5, 5.41) is 0. The van der Waals surface area contributed by atoms with Crippen LogP contribution in [0, 0.1) is 11.8 Å². The fraction of sp³-hybridized carbons (Fsp3) is 0.750. The van der Waals surface area contributed by atoms with Crippen molar-refractivity contribution < 1.29 is 18.0 Å². The molecule has 0 aromatic heterocycles. The third kappa shape index (κ3) is 3.65. The molecule has 2 unspecified atom stereocenters. The first kappa shape index (κ1) is 13.3. The Labute approximate surface area is 93.7 Å². The number of rotatable bonds is 4. The van der Waals surface area contributed by atoms with Gasteiger partial charge in [0.2, 0.25) is 0 Å². The largest absolute Gasteiger partial charge is 0.391 e. The zero-order chi connectivity index (χ0) is 12.2. The summed E-state index contributed by atoms with van der Waals surface area (Å²) in [4.78, 5) is 11.6. The van der Waals surface area contributed by atoms with E-state index in [-0.39, 0.29) is 24.5 Å². The quantitative estimate of drug-likeness (QED) is 0.674. The van der Waals surface area contributed by atoms with Crippen molar-refractivity contribution in [1.82, 2.24) is 0 Å². The molecule has 1 rings (SSSR count). The molecule has 0 aliphatic heterocycles. The van der Waals surface area contributed by atoms with E-state index in [4.69, 9.17) is 0 Å². The van der Waals surface area contributed by atoms with Gasteiger partial charge in [-0.25, -0.2) is 0 Å². The molecule has 0 aromatic rings. The van der Waals surface area contributed by atoms with Crippen LogP contribution in [0.3, 0.4) is 0 Å². The number of Topliss-reactive ketones (excluding diaryl/α,β-unsaturated/α-hetero) is 1. The molecule has 0 amide bonds. The van der Waals surface area contributed by atoms with Crippen molar-refractivity contribution in [1.29, 1.82) is 0 Å². The van der Waals surface area contributed by atoms with Gasteiger partial charge >= 0.3 is 6.18 Å². The van der Waals surface area contributed by atoms with E-state index >= 15 is 0 Å². The van der Waals surface area contributed by atoms with Crippen LogP contribution in [0.1, 0.15) is 38.5 Å². The Balaban J connectivity index is 2.50. The average molecular weight is 234 g/mol. The lowest BCUT2D eigenvalue weighted by Crippen LogP contribution is -2.31. The van der Waals surface area contributed by atoms with Crippen molar-refractivity contribution in [3.63, 3.8) is 0 Å². The Kier molecular flexibility index (Phi) is 4.56. The molecule has 0 spiro atoms. The average Bonchev–Trinajstić information content (AvgIpc) is 2.25. The first-order valence-corrected chi connectivity index (χ1v) is 5.65. The number of carbonyl (C=O) groups is 1. The molecule has 2 atom stereocenters. The van der Waals surface area contributed by atoms with E-state index in [1.165, 1.54) is 0 Å². The highest BCUT2D eigenvalue weighted by Crippen LogP contribution is 2.40. The summed E-state index contributed by atoms with van der Waals surface area (Å²) in [5.41, 5.74) is 0. The summed E-state index contributed by atoms with van der Waals surface area (Å²) >= 11 is 0. The normalized spacial score (nSPS) is 26.4. The van der Waals surface area contributed by atoms with Crippen molar-refractivity contribution in [2.75, 3.05) is 0 Å². The summed E-state index contributed by atoms with van der Waals surface area (Å²) in [5.74, 6) is -1.70. The van der Waals surface area contributed by atoms with E-state index < -0.39 is 12.1 Å². The first-order valence-electron chi connectivity index (χ1n) is 5.65. The van der Waals surface area contributed by atoms with Gasteiger partial charge in [-0.2, -0.15) is 13.2 Å². The standard InChI is InChI=1S/C12H17F3O/c1-2-3-7-11(16)9-5-4-6-10(8-9)12(13,14)15/h2,9-10H,1,3-8H2. The lowest BCUT2D eigenvalue weighted by Gasteiger charge is -2.29. The Morgan fingerprint density at radius 1 is 1.38 bits per heavy atom. The molecule has 16 heavy (non-hydrogen) atoms. The van der Waals surface area contributed by atoms with Crippen molar-refractivity contribution in [2.24, 2.45) is 11.8 Å². The highest BCUT2D eigenvalue weighted by atomic mass is 19.4. The Morgan fingerprint density at radius 3 is 2.62 bits per heavy atom. The number of ketones is 1. The molecule has 0 saturated heterocycles. The number of hydrogen-bond donors (Lipinski definition) is 0. The monoisotopic (exact) mass is 234 g/mol. The van der Waals surface area contributed by atoms with Crippen LogP contribution >= 0.6 is 0 Å². The zero-order valence-electron chi connectivity index (χ0n) is 9.22. The highest BCUT2D eigenvalue weighted by Gasteiger charge is 2.43. The number of allylic oxidation sites excluding steroid dienone is 1. The summed E-state index contributed by atoms with van der Waals surface area (Å²) in [6.45, 7) is 3.50. The van der Waals surface area contributed by atoms with Gasteiger partial charge in [0.25, 0.3) is 0 Å². The van der Waals surface area contributed by atoms with Gasteiger partial charge in [-0.1, -0.05) is 12.5 Å². The zero-order valence-corrected chi connectivity index (χ0v) is 9.22. The van der Waals surface area contributed by atoms with Crippen LogP contribution in [0.5, 0.6) is 0 Å². The molecule has 0 aromatic carbocycles. The topological polar surface area (TPSA) is 17.1 Å². The summed E-state index contributed by atoms with van der Waals surface area (Å²) in [6, 6.07) is 0. The molecule has 1 nitrogen and oxygen atoms in total. The maximum absolute atomic E-state index is 12.5. The third-order valence-electron chi connectivity index (χ3n) is 3.19. The van der Waals surface area contributed by atoms with Gasteiger partial charge in [-0.05, 0) is 25.7 Å². The molecule has 1 saturated carbocycles. The third-order valence-corrected chi connectivity index (χ3v) is 3.19. The van der Waals surface area contributed by atoms with Crippen LogP contribution in [0.15, 0.2) is 12.7 Å². The number of halogens is 3. The predicted molar refractivity (Wildman–Crippen MR) is 55.9 cm³/mol. The fourth-order valence-corrected chi connectivity index (χ4v) is 2.23. The maximum atomic E-state index is 12.5. The van der Waals surface area contributed by atoms with Gasteiger partial charge in [0.1, 0.15) is 5.78 Å². The smallest absolute Gasteiger partial charge is 0.299 e. The summed E-state index contributed by atoms with van der Waals surface area (Å²) in [6.07, 6.45) is -0.338. The van der Waals surface area contributed by atoms with E-state index in [0.717, 1.165) is 0 Å². The van der Waals surface area contributed by atoms with E-state index in [1.54, 1.807) is 6.08 Å². The van der Waals surface area contributed by atoms with Gasteiger partial charge in [0, 0.05) is 12.3 Å². The first-order chi connectivity index (χ1) is 7.45.